The number of hydrogen-bond donors (Lipinski definition) is 1. The van der Waals surface area contributed by atoms with Crippen LogP contribution in [0, 0.1) is 0 Å². The van der Waals surface area contributed by atoms with Crippen LogP contribution in [0.15, 0.2) is 71.6 Å². The number of hydrogen-bond acceptors (Lipinski definition) is 6. The highest BCUT2D eigenvalue weighted by Gasteiger charge is 2.47. The molecular formula is C23H19NO5S. The van der Waals surface area contributed by atoms with E-state index in [0.29, 0.717) is 22.7 Å². The topological polar surface area (TPSA) is 76.1 Å². The molecular weight excluding hydrogens is 402 g/mol. The summed E-state index contributed by atoms with van der Waals surface area (Å²) in [6.45, 7) is 0. The lowest BCUT2D eigenvalue weighted by atomic mass is 9.99. The zero-order valence-corrected chi connectivity index (χ0v) is 17.2. The maximum Gasteiger partial charge on any atom is 0.300 e. The fraction of sp³-hybridized carbons (Fsp3) is 0.130. The monoisotopic (exact) mass is 421 g/mol. The van der Waals surface area contributed by atoms with Crippen molar-refractivity contribution in [3.63, 3.8) is 0 Å². The summed E-state index contributed by atoms with van der Waals surface area (Å²) in [5.41, 5.74) is 0.883. The van der Waals surface area contributed by atoms with E-state index in [1.807, 2.05) is 17.5 Å². The lowest BCUT2D eigenvalue weighted by molar-refractivity contribution is -0.132. The number of para-hydroxylation sites is 1. The first kappa shape index (κ1) is 19.7. The van der Waals surface area contributed by atoms with E-state index < -0.39 is 17.7 Å². The van der Waals surface area contributed by atoms with Gasteiger partial charge < -0.3 is 14.6 Å². The van der Waals surface area contributed by atoms with Crippen molar-refractivity contribution in [1.29, 1.82) is 0 Å². The van der Waals surface area contributed by atoms with E-state index in [9.17, 15) is 14.7 Å². The molecule has 0 spiro atoms. The number of carbonyl (C=O) groups excluding carboxylic acids is 2. The number of anilines is 1. The number of benzene rings is 2. The predicted octanol–water partition coefficient (Wildman–Crippen LogP) is 4.39. The van der Waals surface area contributed by atoms with Gasteiger partial charge in [0.15, 0.2) is 0 Å². The molecule has 6 nitrogen and oxygen atoms in total. The van der Waals surface area contributed by atoms with Crippen molar-refractivity contribution < 1.29 is 24.2 Å². The Morgan fingerprint density at radius 2 is 1.80 bits per heavy atom. The van der Waals surface area contributed by atoms with Gasteiger partial charge in [-0.05, 0) is 35.7 Å². The summed E-state index contributed by atoms with van der Waals surface area (Å²) in [7, 11) is 3.02. The number of aliphatic hydroxyl groups excluding tert-OH is 1. The number of Topliss-reactive ketones (excluding diaryl/α,β-unsaturated/α-hetero) is 1. The quantitative estimate of drug-likeness (QED) is 0.376. The standard InChI is InChI=1S/C23H19NO5S/c1-28-15-8-5-7-14(13-15)24-20(18-11-6-12-30-18)19(22(26)23(24)27)21(25)16-9-3-4-10-17(16)29-2/h3-13,20,25H,1-2H3/b21-19-. The Morgan fingerprint density at radius 3 is 2.50 bits per heavy atom. The van der Waals surface area contributed by atoms with Gasteiger partial charge in [0.2, 0.25) is 0 Å². The number of ketones is 1. The minimum atomic E-state index is -0.762. The largest absolute Gasteiger partial charge is 0.507 e. The highest BCUT2D eigenvalue weighted by atomic mass is 32.1. The zero-order chi connectivity index (χ0) is 21.3. The van der Waals surface area contributed by atoms with Gasteiger partial charge >= 0.3 is 0 Å². The Hall–Kier alpha value is -3.58. The minimum Gasteiger partial charge on any atom is -0.507 e. The van der Waals surface area contributed by atoms with Gasteiger partial charge in [-0.2, -0.15) is 0 Å². The second kappa shape index (κ2) is 8.04. The van der Waals surface area contributed by atoms with Crippen LogP contribution in [0.1, 0.15) is 16.5 Å². The molecule has 3 aromatic rings. The second-order valence-corrected chi connectivity index (χ2v) is 7.57. The third-order valence-electron chi connectivity index (χ3n) is 4.95. The SMILES string of the molecule is COc1cccc(N2C(=O)C(=O)/C(=C(\O)c3ccccc3OC)C2c2cccs2)c1. The van der Waals surface area contributed by atoms with Crippen LogP contribution in [-0.4, -0.2) is 31.0 Å². The molecule has 1 unspecified atom stereocenters. The predicted molar refractivity (Wildman–Crippen MR) is 115 cm³/mol. The first-order valence-corrected chi connectivity index (χ1v) is 10.1. The molecule has 1 saturated heterocycles. The number of ether oxygens (including phenoxy) is 2. The van der Waals surface area contributed by atoms with E-state index >= 15 is 0 Å². The summed E-state index contributed by atoms with van der Waals surface area (Å²) in [5.74, 6) is -0.760. The van der Waals surface area contributed by atoms with Crippen molar-refractivity contribution >= 4 is 34.5 Å². The molecule has 1 aromatic heterocycles. The summed E-state index contributed by atoms with van der Waals surface area (Å²) < 4.78 is 10.6. The van der Waals surface area contributed by atoms with E-state index in [4.69, 9.17) is 9.47 Å². The third kappa shape index (κ3) is 3.23. The molecule has 1 N–H and O–H groups in total. The summed E-state index contributed by atoms with van der Waals surface area (Å²) in [6, 6.07) is 16.7. The van der Waals surface area contributed by atoms with Gasteiger partial charge in [0.05, 0.1) is 25.4 Å². The van der Waals surface area contributed by atoms with E-state index in [1.54, 1.807) is 48.5 Å². The Labute approximate surface area is 177 Å². The lowest BCUT2D eigenvalue weighted by Crippen LogP contribution is -2.29. The smallest absolute Gasteiger partial charge is 0.300 e. The molecule has 4 rings (SSSR count). The van der Waals surface area contributed by atoms with Crippen molar-refractivity contribution in [2.75, 3.05) is 19.1 Å². The highest BCUT2D eigenvalue weighted by Crippen LogP contribution is 2.44. The summed E-state index contributed by atoms with van der Waals surface area (Å²) in [5, 5.41) is 13.0. The molecule has 1 amide bonds. The van der Waals surface area contributed by atoms with E-state index in [2.05, 4.69) is 0 Å². The first-order chi connectivity index (χ1) is 14.6. The Bertz CT molecular complexity index is 1140. The molecule has 1 aliphatic rings. The van der Waals surface area contributed by atoms with Gasteiger partial charge in [-0.25, -0.2) is 0 Å². The molecule has 0 saturated carbocycles. The van der Waals surface area contributed by atoms with Crippen molar-refractivity contribution in [1.82, 2.24) is 0 Å². The van der Waals surface area contributed by atoms with Crippen LogP contribution in [-0.2, 0) is 9.59 Å². The fourth-order valence-electron chi connectivity index (χ4n) is 3.56. The average molecular weight is 421 g/mol. The van der Waals surface area contributed by atoms with Crippen molar-refractivity contribution in [3.05, 3.63) is 82.1 Å². The van der Waals surface area contributed by atoms with Crippen molar-refractivity contribution in [2.45, 2.75) is 6.04 Å². The lowest BCUT2D eigenvalue weighted by Gasteiger charge is -2.24. The number of thiophene rings is 1. The van der Waals surface area contributed by atoms with Gasteiger partial charge in [-0.1, -0.05) is 24.3 Å². The molecule has 0 bridgehead atoms. The molecule has 1 atom stereocenters. The van der Waals surface area contributed by atoms with Crippen LogP contribution in [0.3, 0.4) is 0 Å². The van der Waals surface area contributed by atoms with Crippen LogP contribution in [0.2, 0.25) is 0 Å². The highest BCUT2D eigenvalue weighted by molar-refractivity contribution is 7.10. The normalized spacial score (nSPS) is 17.9. The average Bonchev–Trinajstić information content (AvgIpc) is 3.40. The van der Waals surface area contributed by atoms with Crippen molar-refractivity contribution in [3.8, 4) is 11.5 Å². The van der Waals surface area contributed by atoms with Gasteiger partial charge in [-0.3, -0.25) is 14.5 Å². The van der Waals surface area contributed by atoms with Crippen LogP contribution < -0.4 is 14.4 Å². The third-order valence-corrected chi connectivity index (χ3v) is 5.88. The number of rotatable bonds is 5. The molecule has 2 heterocycles. The van der Waals surface area contributed by atoms with E-state index in [1.165, 1.54) is 30.5 Å². The molecule has 7 heteroatoms. The maximum absolute atomic E-state index is 13.1. The molecule has 30 heavy (non-hydrogen) atoms. The van der Waals surface area contributed by atoms with Crippen molar-refractivity contribution in [2.24, 2.45) is 0 Å². The van der Waals surface area contributed by atoms with Gasteiger partial charge in [0.25, 0.3) is 11.7 Å². The second-order valence-electron chi connectivity index (χ2n) is 6.59. The van der Waals surface area contributed by atoms with Crippen LogP contribution in [0.25, 0.3) is 5.76 Å². The Balaban J connectivity index is 1.94. The van der Waals surface area contributed by atoms with E-state index in [-0.39, 0.29) is 11.3 Å². The fourth-order valence-corrected chi connectivity index (χ4v) is 4.38. The first-order valence-electron chi connectivity index (χ1n) is 9.18. The summed E-state index contributed by atoms with van der Waals surface area (Å²) in [4.78, 5) is 28.3. The molecule has 0 aliphatic carbocycles. The Kier molecular flexibility index (Phi) is 5.29. The minimum absolute atomic E-state index is 0.0229. The van der Waals surface area contributed by atoms with Gasteiger partial charge in [-0.15, -0.1) is 11.3 Å². The number of carbonyl (C=O) groups is 2. The number of nitrogens with zero attached hydrogens (tertiary/aromatic N) is 1. The maximum atomic E-state index is 13.1. The number of methoxy groups -OCH3 is 2. The number of amides is 1. The molecule has 1 fully saturated rings. The zero-order valence-electron chi connectivity index (χ0n) is 16.4. The summed E-state index contributed by atoms with van der Waals surface area (Å²) >= 11 is 1.41. The number of aliphatic hydroxyl groups is 1. The molecule has 1 aliphatic heterocycles. The van der Waals surface area contributed by atoms with Gasteiger partial charge in [0.1, 0.15) is 23.3 Å². The van der Waals surface area contributed by atoms with Crippen LogP contribution >= 0.6 is 11.3 Å². The van der Waals surface area contributed by atoms with E-state index in [0.717, 1.165) is 4.88 Å². The van der Waals surface area contributed by atoms with Crippen LogP contribution in [0.5, 0.6) is 11.5 Å². The summed E-state index contributed by atoms with van der Waals surface area (Å²) in [6.07, 6.45) is 0. The molecule has 0 radical (unpaired) electrons. The van der Waals surface area contributed by atoms with Crippen LogP contribution in [0.4, 0.5) is 5.69 Å². The molecule has 152 valence electrons. The molecule has 2 aromatic carbocycles. The Morgan fingerprint density at radius 1 is 1.00 bits per heavy atom. The van der Waals surface area contributed by atoms with Gasteiger partial charge in [0, 0.05) is 16.6 Å².